The molecule has 0 amide bonds. The van der Waals surface area contributed by atoms with Gasteiger partial charge in [0.1, 0.15) is 11.5 Å². The van der Waals surface area contributed by atoms with Gasteiger partial charge in [0.15, 0.2) is 5.82 Å². The lowest BCUT2D eigenvalue weighted by Crippen LogP contribution is -2.37. The van der Waals surface area contributed by atoms with Crippen LogP contribution in [0.4, 0.5) is 0 Å². The molecule has 1 aliphatic carbocycles. The molecule has 2 atom stereocenters. The highest BCUT2D eigenvalue weighted by molar-refractivity contribution is 5.17. The molecule has 1 saturated carbocycles. The fraction of sp³-hybridized carbons (Fsp3) is 0.615. The molecule has 2 unspecified atom stereocenters. The van der Waals surface area contributed by atoms with E-state index in [-0.39, 0.29) is 5.54 Å². The lowest BCUT2D eigenvalue weighted by molar-refractivity contribution is 0.348. The highest BCUT2D eigenvalue weighted by atomic mass is 16.3. The van der Waals surface area contributed by atoms with Crippen molar-refractivity contribution in [2.45, 2.75) is 45.2 Å². The van der Waals surface area contributed by atoms with Gasteiger partial charge in [0.25, 0.3) is 0 Å². The molecule has 6 heteroatoms. The van der Waals surface area contributed by atoms with Crippen LogP contribution < -0.4 is 5.32 Å². The Morgan fingerprint density at radius 2 is 2.26 bits per heavy atom. The lowest BCUT2D eigenvalue weighted by Gasteiger charge is -2.21. The number of nitrogens with zero attached hydrogens (tertiary/aromatic N) is 3. The van der Waals surface area contributed by atoms with Crippen LogP contribution in [0.25, 0.3) is 0 Å². The number of hydrogen-bond acceptors (Lipinski definition) is 5. The van der Waals surface area contributed by atoms with Crippen molar-refractivity contribution in [2.24, 2.45) is 5.92 Å². The fourth-order valence-electron chi connectivity index (χ4n) is 2.22. The summed E-state index contributed by atoms with van der Waals surface area (Å²) >= 11 is 0. The molecule has 0 bridgehead atoms. The summed E-state index contributed by atoms with van der Waals surface area (Å²) < 4.78 is 5.86. The third kappa shape index (κ3) is 2.53. The van der Waals surface area contributed by atoms with Crippen LogP contribution in [0.1, 0.15) is 50.5 Å². The van der Waals surface area contributed by atoms with Crippen LogP contribution in [0.3, 0.4) is 0 Å². The van der Waals surface area contributed by atoms with Crippen molar-refractivity contribution in [3.63, 3.8) is 0 Å². The van der Waals surface area contributed by atoms with Crippen molar-refractivity contribution in [1.29, 1.82) is 0 Å². The molecule has 0 aliphatic heterocycles. The van der Waals surface area contributed by atoms with Crippen molar-refractivity contribution in [2.75, 3.05) is 0 Å². The van der Waals surface area contributed by atoms with E-state index in [1.165, 1.54) is 6.42 Å². The third-order valence-corrected chi connectivity index (χ3v) is 3.77. The van der Waals surface area contributed by atoms with E-state index in [1.807, 2.05) is 19.9 Å². The van der Waals surface area contributed by atoms with E-state index in [9.17, 15) is 0 Å². The Morgan fingerprint density at radius 1 is 1.47 bits per heavy atom. The summed E-state index contributed by atoms with van der Waals surface area (Å²) in [5.41, 5.74) is -0.340. The van der Waals surface area contributed by atoms with Crippen molar-refractivity contribution in [3.05, 3.63) is 29.5 Å². The van der Waals surface area contributed by atoms with Crippen LogP contribution in [0.15, 0.2) is 16.5 Å². The molecule has 0 saturated heterocycles. The van der Waals surface area contributed by atoms with Crippen LogP contribution in [0.5, 0.6) is 0 Å². The number of furan rings is 1. The number of H-pyrrole nitrogens is 1. The van der Waals surface area contributed by atoms with Gasteiger partial charge in [-0.2, -0.15) is 5.21 Å². The molecule has 0 radical (unpaired) electrons. The SMILES string of the molecule is CC1CC1c1ccc(CNC(C)(C)c2nn[nH]n2)o1. The van der Waals surface area contributed by atoms with Crippen LogP contribution in [0.2, 0.25) is 0 Å². The monoisotopic (exact) mass is 261 g/mol. The second-order valence-electron chi connectivity index (χ2n) is 5.84. The number of rotatable bonds is 5. The highest BCUT2D eigenvalue weighted by Gasteiger charge is 2.36. The molecule has 2 aromatic rings. The first-order chi connectivity index (χ1) is 9.06. The summed E-state index contributed by atoms with van der Waals surface area (Å²) in [5.74, 6) is 4.10. The summed E-state index contributed by atoms with van der Waals surface area (Å²) in [6.45, 7) is 6.95. The second kappa shape index (κ2) is 4.45. The Kier molecular flexibility index (Phi) is 2.89. The third-order valence-electron chi connectivity index (χ3n) is 3.77. The van der Waals surface area contributed by atoms with E-state index in [0.717, 1.165) is 17.4 Å². The summed E-state index contributed by atoms with van der Waals surface area (Å²) in [6.07, 6.45) is 1.24. The Morgan fingerprint density at radius 3 is 2.89 bits per heavy atom. The summed E-state index contributed by atoms with van der Waals surface area (Å²) in [6, 6.07) is 4.13. The van der Waals surface area contributed by atoms with Gasteiger partial charge in [0.2, 0.25) is 0 Å². The first-order valence-corrected chi connectivity index (χ1v) is 6.64. The molecule has 3 rings (SSSR count). The minimum absolute atomic E-state index is 0.340. The first kappa shape index (κ1) is 12.3. The Labute approximate surface area is 112 Å². The van der Waals surface area contributed by atoms with Crippen molar-refractivity contribution >= 4 is 0 Å². The topological polar surface area (TPSA) is 79.6 Å². The van der Waals surface area contributed by atoms with E-state index in [0.29, 0.717) is 18.3 Å². The zero-order chi connectivity index (χ0) is 13.5. The number of aromatic nitrogens is 4. The molecule has 19 heavy (non-hydrogen) atoms. The molecular formula is C13H19N5O. The van der Waals surface area contributed by atoms with E-state index in [4.69, 9.17) is 4.42 Å². The first-order valence-electron chi connectivity index (χ1n) is 6.64. The van der Waals surface area contributed by atoms with Gasteiger partial charge >= 0.3 is 0 Å². The van der Waals surface area contributed by atoms with Crippen LogP contribution in [0, 0.1) is 5.92 Å². The minimum atomic E-state index is -0.340. The van der Waals surface area contributed by atoms with Gasteiger partial charge in [-0.25, -0.2) is 0 Å². The molecule has 1 aliphatic rings. The van der Waals surface area contributed by atoms with Gasteiger partial charge in [-0.1, -0.05) is 12.1 Å². The summed E-state index contributed by atoms with van der Waals surface area (Å²) in [5, 5.41) is 17.5. The van der Waals surface area contributed by atoms with Gasteiger partial charge in [0, 0.05) is 5.92 Å². The maximum Gasteiger partial charge on any atom is 0.193 e. The Balaban J connectivity index is 1.61. The van der Waals surface area contributed by atoms with Crippen molar-refractivity contribution < 1.29 is 4.42 Å². The maximum atomic E-state index is 5.86. The smallest absolute Gasteiger partial charge is 0.193 e. The fourth-order valence-corrected chi connectivity index (χ4v) is 2.22. The zero-order valence-corrected chi connectivity index (χ0v) is 11.5. The van der Waals surface area contributed by atoms with Gasteiger partial charge in [-0.3, -0.25) is 5.32 Å². The van der Waals surface area contributed by atoms with Crippen molar-refractivity contribution in [3.8, 4) is 0 Å². The van der Waals surface area contributed by atoms with Gasteiger partial charge in [0.05, 0.1) is 12.1 Å². The van der Waals surface area contributed by atoms with E-state index < -0.39 is 0 Å². The van der Waals surface area contributed by atoms with Crippen molar-refractivity contribution in [1.82, 2.24) is 25.9 Å². The lowest BCUT2D eigenvalue weighted by atomic mass is 10.1. The van der Waals surface area contributed by atoms with Crippen LogP contribution in [-0.4, -0.2) is 20.6 Å². The van der Waals surface area contributed by atoms with Gasteiger partial charge in [-0.05, 0) is 38.3 Å². The van der Waals surface area contributed by atoms with Gasteiger partial charge < -0.3 is 4.42 Å². The average Bonchev–Trinajstić information content (AvgIpc) is 2.89. The summed E-state index contributed by atoms with van der Waals surface area (Å²) in [7, 11) is 0. The zero-order valence-electron chi connectivity index (χ0n) is 11.5. The van der Waals surface area contributed by atoms with Crippen LogP contribution >= 0.6 is 0 Å². The quantitative estimate of drug-likeness (QED) is 0.859. The molecule has 0 aromatic carbocycles. The Hall–Kier alpha value is -1.69. The van der Waals surface area contributed by atoms with Crippen LogP contribution in [-0.2, 0) is 12.1 Å². The highest BCUT2D eigenvalue weighted by Crippen LogP contribution is 2.47. The van der Waals surface area contributed by atoms with E-state index >= 15 is 0 Å². The summed E-state index contributed by atoms with van der Waals surface area (Å²) in [4.78, 5) is 0. The molecular weight excluding hydrogens is 242 g/mol. The minimum Gasteiger partial charge on any atom is -0.464 e. The average molecular weight is 261 g/mol. The van der Waals surface area contributed by atoms with Gasteiger partial charge in [-0.15, -0.1) is 10.2 Å². The maximum absolute atomic E-state index is 5.86. The molecule has 6 nitrogen and oxygen atoms in total. The van der Waals surface area contributed by atoms with E-state index in [1.54, 1.807) is 0 Å². The molecule has 1 fully saturated rings. The second-order valence-corrected chi connectivity index (χ2v) is 5.84. The number of hydrogen-bond donors (Lipinski definition) is 2. The normalized spacial score (nSPS) is 22.7. The number of aromatic amines is 1. The van der Waals surface area contributed by atoms with E-state index in [2.05, 4.69) is 38.9 Å². The number of nitrogens with one attached hydrogen (secondary N) is 2. The molecule has 2 N–H and O–H groups in total. The molecule has 2 heterocycles. The number of tetrazole rings is 1. The standard InChI is InChI=1S/C13H19N5O/c1-8-6-10(8)11-5-4-9(19-11)7-14-13(2,3)12-15-17-18-16-12/h4-5,8,10,14H,6-7H2,1-3H3,(H,15,16,17,18). The predicted molar refractivity (Wildman–Crippen MR) is 69.3 cm³/mol. The Bertz CT molecular complexity index is 545. The predicted octanol–water partition coefficient (Wildman–Crippen LogP) is 1.94. The molecule has 2 aromatic heterocycles. The molecule has 0 spiro atoms. The molecule has 102 valence electrons. The largest absolute Gasteiger partial charge is 0.464 e.